The fraction of sp³-hybridized carbons (Fsp3) is 1.00. The Balaban J connectivity index is 1.92. The van der Waals surface area contributed by atoms with Gasteiger partial charge in [-0.25, -0.2) is 0 Å². The van der Waals surface area contributed by atoms with Crippen LogP contribution in [0.1, 0.15) is 58.8 Å². The van der Waals surface area contributed by atoms with Crippen LogP contribution >= 0.6 is 0 Å². The van der Waals surface area contributed by atoms with Gasteiger partial charge in [-0.15, -0.1) is 0 Å². The predicted octanol–water partition coefficient (Wildman–Crippen LogP) is 3.61. The first-order chi connectivity index (χ1) is 7.18. The second kappa shape index (κ2) is 4.86. The van der Waals surface area contributed by atoms with Crippen LogP contribution in [0.5, 0.6) is 0 Å². The van der Waals surface area contributed by atoms with Crippen molar-refractivity contribution in [2.75, 3.05) is 0 Å². The summed E-state index contributed by atoms with van der Waals surface area (Å²) in [5.74, 6) is 3.24. The molecule has 2 fully saturated rings. The lowest BCUT2D eigenvalue weighted by atomic mass is 9.67. The molecule has 0 spiro atoms. The minimum Gasteiger partial charge on any atom is -0.393 e. The standard InChI is InChI=1S/C14H26O/c1-10-7-8-12(9-11(10)2)13-5-3-4-6-14(13)15/h10-15H,3-9H2,1-2H3. The Bertz CT molecular complexity index is 202. The molecule has 0 heterocycles. The van der Waals surface area contributed by atoms with E-state index in [4.69, 9.17) is 0 Å². The Labute approximate surface area is 94.3 Å². The predicted molar refractivity (Wildman–Crippen MR) is 63.6 cm³/mol. The topological polar surface area (TPSA) is 20.2 Å². The highest BCUT2D eigenvalue weighted by Crippen LogP contribution is 2.42. The van der Waals surface area contributed by atoms with E-state index in [9.17, 15) is 5.11 Å². The molecule has 1 N–H and O–H groups in total. The second-order valence-electron chi connectivity index (χ2n) is 6.04. The largest absolute Gasteiger partial charge is 0.393 e. The number of rotatable bonds is 1. The molecule has 0 radical (unpaired) electrons. The first kappa shape index (κ1) is 11.4. The molecule has 15 heavy (non-hydrogen) atoms. The molecule has 0 aliphatic heterocycles. The van der Waals surface area contributed by atoms with Gasteiger partial charge in [-0.3, -0.25) is 0 Å². The molecule has 0 aromatic rings. The summed E-state index contributed by atoms with van der Waals surface area (Å²) < 4.78 is 0. The molecule has 1 nitrogen and oxygen atoms in total. The van der Waals surface area contributed by atoms with E-state index in [1.807, 2.05) is 0 Å². The molecule has 2 saturated carbocycles. The van der Waals surface area contributed by atoms with Crippen LogP contribution in [-0.2, 0) is 0 Å². The molecule has 2 aliphatic rings. The van der Waals surface area contributed by atoms with Gasteiger partial charge in [-0.1, -0.05) is 33.1 Å². The summed E-state index contributed by atoms with van der Waals surface area (Å²) >= 11 is 0. The zero-order chi connectivity index (χ0) is 10.8. The average Bonchev–Trinajstić information content (AvgIpc) is 2.23. The van der Waals surface area contributed by atoms with Crippen molar-refractivity contribution in [1.29, 1.82) is 0 Å². The lowest BCUT2D eigenvalue weighted by Gasteiger charge is -2.40. The molecule has 0 bridgehead atoms. The zero-order valence-electron chi connectivity index (χ0n) is 10.3. The monoisotopic (exact) mass is 210 g/mol. The summed E-state index contributed by atoms with van der Waals surface area (Å²) in [7, 11) is 0. The summed E-state index contributed by atoms with van der Waals surface area (Å²) in [6.07, 6.45) is 9.08. The van der Waals surface area contributed by atoms with Crippen LogP contribution < -0.4 is 0 Å². The Morgan fingerprint density at radius 1 is 0.867 bits per heavy atom. The van der Waals surface area contributed by atoms with Gasteiger partial charge in [0, 0.05) is 0 Å². The maximum atomic E-state index is 10.1. The molecule has 0 aromatic heterocycles. The number of hydrogen-bond donors (Lipinski definition) is 1. The summed E-state index contributed by atoms with van der Waals surface area (Å²) in [6, 6.07) is 0. The van der Waals surface area contributed by atoms with E-state index in [1.165, 1.54) is 38.5 Å². The van der Waals surface area contributed by atoms with Gasteiger partial charge in [0.2, 0.25) is 0 Å². The molecular weight excluding hydrogens is 184 g/mol. The first-order valence-electron chi connectivity index (χ1n) is 6.86. The van der Waals surface area contributed by atoms with Gasteiger partial charge in [0.15, 0.2) is 0 Å². The summed E-state index contributed by atoms with van der Waals surface area (Å²) in [5, 5.41) is 10.1. The van der Waals surface area contributed by atoms with Crippen LogP contribution in [0, 0.1) is 23.7 Å². The van der Waals surface area contributed by atoms with Crippen molar-refractivity contribution in [3.8, 4) is 0 Å². The smallest absolute Gasteiger partial charge is 0.0571 e. The Morgan fingerprint density at radius 3 is 2.27 bits per heavy atom. The van der Waals surface area contributed by atoms with Crippen LogP contribution in [-0.4, -0.2) is 11.2 Å². The maximum Gasteiger partial charge on any atom is 0.0571 e. The third-order valence-electron chi connectivity index (χ3n) is 5.03. The average molecular weight is 210 g/mol. The molecular formula is C14H26O. The van der Waals surface area contributed by atoms with Crippen molar-refractivity contribution in [2.45, 2.75) is 64.9 Å². The van der Waals surface area contributed by atoms with Crippen molar-refractivity contribution in [3.05, 3.63) is 0 Å². The van der Waals surface area contributed by atoms with Crippen molar-refractivity contribution in [2.24, 2.45) is 23.7 Å². The van der Waals surface area contributed by atoms with E-state index >= 15 is 0 Å². The molecule has 0 saturated heterocycles. The lowest BCUT2D eigenvalue weighted by Crippen LogP contribution is -2.35. The van der Waals surface area contributed by atoms with Gasteiger partial charge < -0.3 is 5.11 Å². The van der Waals surface area contributed by atoms with E-state index in [2.05, 4.69) is 13.8 Å². The molecule has 5 atom stereocenters. The van der Waals surface area contributed by atoms with Crippen molar-refractivity contribution in [1.82, 2.24) is 0 Å². The molecule has 5 unspecified atom stereocenters. The molecule has 2 aliphatic carbocycles. The number of hydrogen-bond acceptors (Lipinski definition) is 1. The quantitative estimate of drug-likeness (QED) is 0.701. The van der Waals surface area contributed by atoms with Gasteiger partial charge in [0.25, 0.3) is 0 Å². The highest BCUT2D eigenvalue weighted by Gasteiger charge is 2.34. The van der Waals surface area contributed by atoms with E-state index in [0.29, 0.717) is 5.92 Å². The van der Waals surface area contributed by atoms with Crippen LogP contribution in [0.4, 0.5) is 0 Å². The van der Waals surface area contributed by atoms with Crippen molar-refractivity contribution in [3.63, 3.8) is 0 Å². The normalized spacial score (nSPS) is 47.8. The van der Waals surface area contributed by atoms with Crippen LogP contribution in [0.15, 0.2) is 0 Å². The van der Waals surface area contributed by atoms with Gasteiger partial charge in [-0.2, -0.15) is 0 Å². The molecule has 1 heteroatoms. The summed E-state index contributed by atoms with van der Waals surface area (Å²) in [5.41, 5.74) is 0. The van der Waals surface area contributed by atoms with Gasteiger partial charge in [-0.05, 0) is 49.4 Å². The molecule has 0 amide bonds. The Kier molecular flexibility index (Phi) is 3.71. The SMILES string of the molecule is CC1CCC(C2CCCCC2O)CC1C. The maximum absolute atomic E-state index is 10.1. The van der Waals surface area contributed by atoms with Crippen molar-refractivity contribution < 1.29 is 5.11 Å². The van der Waals surface area contributed by atoms with Gasteiger partial charge in [0.1, 0.15) is 0 Å². The van der Waals surface area contributed by atoms with Gasteiger partial charge >= 0.3 is 0 Å². The van der Waals surface area contributed by atoms with Gasteiger partial charge in [0.05, 0.1) is 6.10 Å². The van der Waals surface area contributed by atoms with Crippen LogP contribution in [0.3, 0.4) is 0 Å². The Hall–Kier alpha value is -0.0400. The molecule has 0 aromatic carbocycles. The van der Waals surface area contributed by atoms with Crippen LogP contribution in [0.2, 0.25) is 0 Å². The van der Waals surface area contributed by atoms with Crippen molar-refractivity contribution >= 4 is 0 Å². The first-order valence-corrected chi connectivity index (χ1v) is 6.86. The summed E-state index contributed by atoms with van der Waals surface area (Å²) in [6.45, 7) is 4.78. The number of aliphatic hydroxyl groups is 1. The fourth-order valence-corrected chi connectivity index (χ4v) is 3.67. The highest BCUT2D eigenvalue weighted by molar-refractivity contribution is 4.85. The fourth-order valence-electron chi connectivity index (χ4n) is 3.67. The van der Waals surface area contributed by atoms with Crippen LogP contribution in [0.25, 0.3) is 0 Å². The summed E-state index contributed by atoms with van der Waals surface area (Å²) in [4.78, 5) is 0. The molecule has 2 rings (SSSR count). The Morgan fingerprint density at radius 2 is 1.60 bits per heavy atom. The van der Waals surface area contributed by atoms with E-state index in [-0.39, 0.29) is 6.10 Å². The van der Waals surface area contributed by atoms with E-state index < -0.39 is 0 Å². The van der Waals surface area contributed by atoms with E-state index in [1.54, 1.807) is 0 Å². The number of aliphatic hydroxyl groups excluding tert-OH is 1. The third kappa shape index (κ3) is 2.55. The highest BCUT2D eigenvalue weighted by atomic mass is 16.3. The minimum atomic E-state index is 0.0179. The van der Waals surface area contributed by atoms with E-state index in [0.717, 1.165) is 24.2 Å². The third-order valence-corrected chi connectivity index (χ3v) is 5.03. The molecule has 88 valence electrons. The minimum absolute atomic E-state index is 0.0179. The second-order valence-corrected chi connectivity index (χ2v) is 6.04. The lowest BCUT2D eigenvalue weighted by molar-refractivity contribution is 0.0122. The zero-order valence-corrected chi connectivity index (χ0v) is 10.3.